The number of ether oxygens (including phenoxy) is 1. The average Bonchev–Trinajstić information content (AvgIpc) is 2.85. The summed E-state index contributed by atoms with van der Waals surface area (Å²) >= 11 is 0. The number of hydrogen-bond acceptors (Lipinski definition) is 6. The van der Waals surface area contributed by atoms with Crippen LogP contribution in [0.5, 0.6) is 0 Å². The number of piperazine rings is 1. The third-order valence-electron chi connectivity index (χ3n) is 6.86. The van der Waals surface area contributed by atoms with E-state index in [0.717, 1.165) is 31.6 Å². The Hall–Kier alpha value is -2.42. The Kier molecular flexibility index (Phi) is 11.2. The van der Waals surface area contributed by atoms with Crippen molar-refractivity contribution in [3.63, 3.8) is 0 Å². The second kappa shape index (κ2) is 13.6. The summed E-state index contributed by atoms with van der Waals surface area (Å²) in [4.78, 5) is 42.9. The van der Waals surface area contributed by atoms with Crippen LogP contribution in [-0.4, -0.2) is 71.4 Å². The molecular formula is C26H39ClN4O4. The highest BCUT2D eigenvalue weighted by atomic mass is 35.5. The molecule has 2 saturated heterocycles. The van der Waals surface area contributed by atoms with Crippen LogP contribution in [0.4, 0.5) is 0 Å². The van der Waals surface area contributed by atoms with E-state index in [9.17, 15) is 14.4 Å². The summed E-state index contributed by atoms with van der Waals surface area (Å²) in [6.45, 7) is 8.84. The molecule has 0 saturated carbocycles. The summed E-state index contributed by atoms with van der Waals surface area (Å²) in [6.07, 6.45) is 4.99. The molecule has 1 unspecified atom stereocenters. The summed E-state index contributed by atoms with van der Waals surface area (Å²) in [5, 5.41) is 2.94. The van der Waals surface area contributed by atoms with Gasteiger partial charge in [-0.3, -0.25) is 19.3 Å². The Bertz CT molecular complexity index is 858. The van der Waals surface area contributed by atoms with Gasteiger partial charge in [-0.25, -0.2) is 0 Å². The maximum Gasteiger partial charge on any atom is 0.306 e. The topological polar surface area (TPSA) is 105 Å². The highest BCUT2D eigenvalue weighted by Crippen LogP contribution is 2.33. The van der Waals surface area contributed by atoms with Crippen LogP contribution in [0.15, 0.2) is 43.0 Å². The van der Waals surface area contributed by atoms with Crippen molar-refractivity contribution in [1.82, 2.24) is 15.1 Å². The number of hydrogen-bond donors (Lipinski definition) is 2. The van der Waals surface area contributed by atoms with Gasteiger partial charge in [-0.05, 0) is 37.7 Å². The van der Waals surface area contributed by atoms with E-state index in [1.165, 1.54) is 0 Å². The number of carbonyl (C=O) groups excluding carboxylic acids is 3. The van der Waals surface area contributed by atoms with Gasteiger partial charge < -0.3 is 20.7 Å². The second-order valence-electron chi connectivity index (χ2n) is 9.26. The lowest BCUT2D eigenvalue weighted by molar-refractivity contribution is -0.161. The molecule has 2 atom stereocenters. The molecule has 2 fully saturated rings. The van der Waals surface area contributed by atoms with Crippen molar-refractivity contribution in [2.45, 2.75) is 69.7 Å². The van der Waals surface area contributed by atoms with E-state index in [4.69, 9.17) is 10.5 Å². The highest BCUT2D eigenvalue weighted by Gasteiger charge is 2.54. The molecule has 9 heteroatoms. The molecule has 8 nitrogen and oxygen atoms in total. The maximum absolute atomic E-state index is 13.4. The van der Waals surface area contributed by atoms with Gasteiger partial charge in [-0.1, -0.05) is 43.3 Å². The van der Waals surface area contributed by atoms with Gasteiger partial charge in [-0.15, -0.1) is 19.0 Å². The molecule has 1 spiro atoms. The summed E-state index contributed by atoms with van der Waals surface area (Å²) in [5.74, 6) is -0.521. The fourth-order valence-electron chi connectivity index (χ4n) is 4.92. The van der Waals surface area contributed by atoms with E-state index in [-0.39, 0.29) is 43.2 Å². The lowest BCUT2D eigenvalue weighted by atomic mass is 9.80. The molecule has 35 heavy (non-hydrogen) atoms. The van der Waals surface area contributed by atoms with Crippen LogP contribution in [-0.2, 0) is 25.7 Å². The number of nitrogens with one attached hydrogen (secondary N) is 1. The average molecular weight is 507 g/mol. The zero-order valence-electron chi connectivity index (χ0n) is 20.6. The number of amides is 2. The second-order valence-corrected chi connectivity index (χ2v) is 9.26. The van der Waals surface area contributed by atoms with Crippen molar-refractivity contribution < 1.29 is 19.1 Å². The molecule has 2 amide bonds. The number of nitrogens with two attached hydrogens (primary N) is 1. The minimum absolute atomic E-state index is 0. The zero-order chi connectivity index (χ0) is 24.6. The van der Waals surface area contributed by atoms with Crippen LogP contribution >= 0.6 is 12.4 Å². The molecule has 2 heterocycles. The molecule has 1 aromatic rings. The smallest absolute Gasteiger partial charge is 0.306 e. The zero-order valence-corrected chi connectivity index (χ0v) is 21.4. The summed E-state index contributed by atoms with van der Waals surface area (Å²) < 4.78 is 5.31. The SMILES string of the molecule is C=CCN1CCC2(CC1)C(=O)N[C@@H](C(N)CCCC(=O)OCc1ccccc1)C(=O)N2CCC.Cl. The van der Waals surface area contributed by atoms with Crippen LogP contribution in [0, 0.1) is 0 Å². The minimum atomic E-state index is -0.803. The van der Waals surface area contributed by atoms with Crippen molar-refractivity contribution in [3.8, 4) is 0 Å². The Balaban J connectivity index is 0.00000432. The predicted octanol–water partition coefficient (Wildman–Crippen LogP) is 2.41. The monoisotopic (exact) mass is 506 g/mol. The predicted molar refractivity (Wildman–Crippen MR) is 138 cm³/mol. The third-order valence-corrected chi connectivity index (χ3v) is 6.86. The first-order valence-electron chi connectivity index (χ1n) is 12.3. The van der Waals surface area contributed by atoms with Gasteiger partial charge in [-0.2, -0.15) is 0 Å². The Labute approximate surface area is 214 Å². The number of piperidine rings is 1. The van der Waals surface area contributed by atoms with Gasteiger partial charge in [0.05, 0.1) is 0 Å². The standard InChI is InChI=1S/C26H38N4O4.ClH/c1-3-15-29-17-13-26(14-18-29)25(33)28-23(24(32)30(26)16-4-2)21(27)11-8-12-22(31)34-19-20-9-6-5-7-10-20;/h3,5-7,9-10,21,23H,1,4,8,11-19,27H2,2H3,(H,28,33);1H/t21?,23-;/m0./s1. The van der Waals surface area contributed by atoms with E-state index in [0.29, 0.717) is 32.2 Å². The van der Waals surface area contributed by atoms with Crippen LogP contribution in [0.1, 0.15) is 51.0 Å². The Morgan fingerprint density at radius 1 is 1.29 bits per heavy atom. The molecule has 1 aromatic carbocycles. The molecule has 0 aliphatic carbocycles. The lowest BCUT2D eigenvalue weighted by Crippen LogP contribution is -2.75. The van der Waals surface area contributed by atoms with Gasteiger partial charge in [0.15, 0.2) is 0 Å². The third kappa shape index (κ3) is 7.06. The Morgan fingerprint density at radius 2 is 1.97 bits per heavy atom. The maximum atomic E-state index is 13.4. The van der Waals surface area contributed by atoms with Crippen molar-refractivity contribution in [2.75, 3.05) is 26.2 Å². The quantitative estimate of drug-likeness (QED) is 0.353. The lowest BCUT2D eigenvalue weighted by Gasteiger charge is -2.52. The van der Waals surface area contributed by atoms with Crippen LogP contribution in [0.25, 0.3) is 0 Å². The first-order valence-corrected chi connectivity index (χ1v) is 12.3. The van der Waals surface area contributed by atoms with Gasteiger partial charge in [0.2, 0.25) is 11.8 Å². The molecule has 2 aliphatic rings. The molecule has 2 aliphatic heterocycles. The van der Waals surface area contributed by atoms with Crippen LogP contribution in [0.2, 0.25) is 0 Å². The molecule has 3 N–H and O–H groups in total. The van der Waals surface area contributed by atoms with E-state index in [1.54, 1.807) is 4.90 Å². The molecule has 0 radical (unpaired) electrons. The summed E-state index contributed by atoms with van der Waals surface area (Å²) in [5.41, 5.74) is 6.49. The normalized spacial score (nSPS) is 20.6. The van der Waals surface area contributed by atoms with E-state index >= 15 is 0 Å². The van der Waals surface area contributed by atoms with Gasteiger partial charge in [0.1, 0.15) is 18.2 Å². The van der Waals surface area contributed by atoms with E-state index < -0.39 is 17.6 Å². The number of nitrogens with zero attached hydrogens (tertiary/aromatic N) is 2. The number of esters is 1. The molecule has 0 bridgehead atoms. The van der Waals surface area contributed by atoms with E-state index in [1.807, 2.05) is 43.3 Å². The number of halogens is 1. The Morgan fingerprint density at radius 3 is 2.60 bits per heavy atom. The van der Waals surface area contributed by atoms with Gasteiger partial charge in [0.25, 0.3) is 0 Å². The number of likely N-dealkylation sites (tertiary alicyclic amines) is 1. The first-order chi connectivity index (χ1) is 16.4. The molecular weight excluding hydrogens is 468 g/mol. The van der Waals surface area contributed by atoms with Gasteiger partial charge in [0, 0.05) is 38.6 Å². The fraction of sp³-hybridized carbons (Fsp3) is 0.577. The van der Waals surface area contributed by atoms with Crippen molar-refractivity contribution >= 4 is 30.2 Å². The van der Waals surface area contributed by atoms with Crippen LogP contribution in [0.3, 0.4) is 0 Å². The number of benzene rings is 1. The largest absolute Gasteiger partial charge is 0.461 e. The fourth-order valence-corrected chi connectivity index (χ4v) is 4.92. The van der Waals surface area contributed by atoms with Crippen LogP contribution < -0.4 is 11.1 Å². The minimum Gasteiger partial charge on any atom is -0.461 e. The van der Waals surface area contributed by atoms with Crippen molar-refractivity contribution in [2.24, 2.45) is 5.73 Å². The number of rotatable bonds is 11. The number of carbonyl (C=O) groups is 3. The van der Waals surface area contributed by atoms with Crippen molar-refractivity contribution in [3.05, 3.63) is 48.6 Å². The molecule has 0 aromatic heterocycles. The first kappa shape index (κ1) is 28.8. The highest BCUT2D eigenvalue weighted by molar-refractivity contribution is 6.00. The van der Waals surface area contributed by atoms with Crippen molar-refractivity contribution in [1.29, 1.82) is 0 Å². The van der Waals surface area contributed by atoms with E-state index in [2.05, 4.69) is 16.8 Å². The molecule has 3 rings (SSSR count). The summed E-state index contributed by atoms with van der Waals surface area (Å²) in [6, 6.07) is 8.18. The summed E-state index contributed by atoms with van der Waals surface area (Å²) in [7, 11) is 0. The van der Waals surface area contributed by atoms with Gasteiger partial charge >= 0.3 is 5.97 Å². The molecule has 194 valence electrons.